The molecule has 3 N–H and O–H groups in total. The van der Waals surface area contributed by atoms with Crippen LogP contribution in [0.3, 0.4) is 0 Å². The number of nitrogens with zero attached hydrogens (tertiary/aromatic N) is 1. The van der Waals surface area contributed by atoms with Gasteiger partial charge in [-0.25, -0.2) is 0 Å². The van der Waals surface area contributed by atoms with E-state index in [9.17, 15) is 0 Å². The zero-order valence-corrected chi connectivity index (χ0v) is 10.7. The van der Waals surface area contributed by atoms with Gasteiger partial charge in [0.05, 0.1) is 6.17 Å². The van der Waals surface area contributed by atoms with Crippen LogP contribution in [0.5, 0.6) is 0 Å². The summed E-state index contributed by atoms with van der Waals surface area (Å²) in [7, 11) is 0. The highest BCUT2D eigenvalue weighted by Crippen LogP contribution is 2.17. The predicted octanol–water partition coefficient (Wildman–Crippen LogP) is 1.50. The van der Waals surface area contributed by atoms with Crippen molar-refractivity contribution in [1.29, 1.82) is 0 Å². The molecule has 0 amide bonds. The Morgan fingerprint density at radius 3 is 2.47 bits per heavy atom. The molecule has 1 aliphatic heterocycles. The summed E-state index contributed by atoms with van der Waals surface area (Å²) in [5, 5.41) is 3.35. The largest absolute Gasteiger partial charge is 0.314 e. The van der Waals surface area contributed by atoms with E-state index in [0.717, 1.165) is 32.6 Å². The van der Waals surface area contributed by atoms with Gasteiger partial charge in [-0.2, -0.15) is 0 Å². The molecule has 1 aliphatic rings. The number of hydrogen-bond donors (Lipinski definition) is 2. The normalized spacial score (nSPS) is 19.2. The van der Waals surface area contributed by atoms with Crippen LogP contribution in [0.4, 0.5) is 0 Å². The fourth-order valence-electron chi connectivity index (χ4n) is 2.34. The van der Waals surface area contributed by atoms with E-state index in [1.807, 2.05) is 0 Å². The number of rotatable bonds is 4. The molecule has 1 heterocycles. The Morgan fingerprint density at radius 1 is 1.24 bits per heavy atom. The fourth-order valence-corrected chi connectivity index (χ4v) is 2.34. The lowest BCUT2D eigenvalue weighted by atomic mass is 10.1. The van der Waals surface area contributed by atoms with Crippen LogP contribution in [0.25, 0.3) is 0 Å². The second-order valence-electron chi connectivity index (χ2n) is 4.72. The van der Waals surface area contributed by atoms with E-state index >= 15 is 0 Å². The summed E-state index contributed by atoms with van der Waals surface area (Å²) in [4.78, 5) is 2.34. The first-order valence-electron chi connectivity index (χ1n) is 6.60. The van der Waals surface area contributed by atoms with Crippen molar-refractivity contribution in [2.75, 3.05) is 26.2 Å². The molecule has 1 aromatic carbocycles. The monoisotopic (exact) mass is 233 g/mol. The molecule has 1 aromatic rings. The van der Waals surface area contributed by atoms with Crippen LogP contribution in [0.15, 0.2) is 24.3 Å². The number of aryl methyl sites for hydroxylation is 1. The average Bonchev–Trinajstić information content (AvgIpc) is 2.40. The van der Waals surface area contributed by atoms with Gasteiger partial charge in [0, 0.05) is 26.2 Å². The van der Waals surface area contributed by atoms with E-state index < -0.39 is 0 Å². The third-order valence-electron chi connectivity index (χ3n) is 3.40. The van der Waals surface area contributed by atoms with Crippen LogP contribution in [-0.2, 0) is 6.42 Å². The zero-order chi connectivity index (χ0) is 12.1. The molecule has 0 bridgehead atoms. The number of hydrogen-bond acceptors (Lipinski definition) is 3. The van der Waals surface area contributed by atoms with Crippen LogP contribution >= 0.6 is 0 Å². The van der Waals surface area contributed by atoms with Crippen LogP contribution in [-0.4, -0.2) is 31.1 Å². The first kappa shape index (κ1) is 12.6. The Bertz CT molecular complexity index is 328. The van der Waals surface area contributed by atoms with Crippen molar-refractivity contribution in [3.63, 3.8) is 0 Å². The molecule has 94 valence electrons. The molecule has 17 heavy (non-hydrogen) atoms. The molecule has 3 heteroatoms. The molecule has 1 atom stereocenters. The van der Waals surface area contributed by atoms with Gasteiger partial charge in [0.15, 0.2) is 0 Å². The van der Waals surface area contributed by atoms with Crippen LogP contribution in [0, 0.1) is 0 Å². The van der Waals surface area contributed by atoms with Crippen molar-refractivity contribution in [2.24, 2.45) is 5.73 Å². The molecule has 2 rings (SSSR count). The number of benzene rings is 1. The van der Waals surface area contributed by atoms with Gasteiger partial charge in [-0.3, -0.25) is 4.90 Å². The van der Waals surface area contributed by atoms with E-state index in [4.69, 9.17) is 5.73 Å². The Balaban J connectivity index is 2.00. The van der Waals surface area contributed by atoms with Crippen molar-refractivity contribution in [3.8, 4) is 0 Å². The second-order valence-corrected chi connectivity index (χ2v) is 4.72. The van der Waals surface area contributed by atoms with Crippen molar-refractivity contribution in [3.05, 3.63) is 35.4 Å². The smallest absolute Gasteiger partial charge is 0.0836 e. The Morgan fingerprint density at radius 2 is 1.88 bits per heavy atom. The molecular formula is C14H23N3. The van der Waals surface area contributed by atoms with Gasteiger partial charge in [0.25, 0.3) is 0 Å². The van der Waals surface area contributed by atoms with Crippen molar-refractivity contribution in [2.45, 2.75) is 25.9 Å². The van der Waals surface area contributed by atoms with E-state index in [2.05, 4.69) is 41.4 Å². The van der Waals surface area contributed by atoms with Crippen molar-refractivity contribution in [1.82, 2.24) is 10.2 Å². The molecule has 3 nitrogen and oxygen atoms in total. The standard InChI is InChI=1S/C14H23N3/c1-2-3-12-4-6-13(7-5-12)14(15)17-10-8-16-9-11-17/h4-7,14,16H,2-3,8-11,15H2,1H3. The highest BCUT2D eigenvalue weighted by Gasteiger charge is 2.17. The van der Waals surface area contributed by atoms with Gasteiger partial charge >= 0.3 is 0 Å². The molecular weight excluding hydrogens is 210 g/mol. The first-order valence-corrected chi connectivity index (χ1v) is 6.60. The lowest BCUT2D eigenvalue weighted by molar-refractivity contribution is 0.177. The van der Waals surface area contributed by atoms with Crippen LogP contribution in [0.1, 0.15) is 30.6 Å². The van der Waals surface area contributed by atoms with Gasteiger partial charge in [0.2, 0.25) is 0 Å². The number of piperazine rings is 1. The van der Waals surface area contributed by atoms with Crippen molar-refractivity contribution >= 4 is 0 Å². The third-order valence-corrected chi connectivity index (χ3v) is 3.40. The summed E-state index contributed by atoms with van der Waals surface area (Å²) >= 11 is 0. The minimum atomic E-state index is 0.0489. The van der Waals surface area contributed by atoms with Crippen LogP contribution < -0.4 is 11.1 Å². The molecule has 1 saturated heterocycles. The van der Waals surface area contributed by atoms with Crippen LogP contribution in [0.2, 0.25) is 0 Å². The van der Waals surface area contributed by atoms with E-state index in [0.29, 0.717) is 0 Å². The quantitative estimate of drug-likeness (QED) is 0.828. The molecule has 0 spiro atoms. The first-order chi connectivity index (χ1) is 8.31. The molecule has 1 unspecified atom stereocenters. The minimum absolute atomic E-state index is 0.0489. The van der Waals surface area contributed by atoms with Gasteiger partial charge in [0.1, 0.15) is 0 Å². The number of nitrogens with one attached hydrogen (secondary N) is 1. The average molecular weight is 233 g/mol. The Labute approximate surface area is 104 Å². The summed E-state index contributed by atoms with van der Waals surface area (Å²) in [6, 6.07) is 8.77. The summed E-state index contributed by atoms with van der Waals surface area (Å²) in [6.45, 7) is 6.37. The fraction of sp³-hybridized carbons (Fsp3) is 0.571. The molecule has 0 aliphatic carbocycles. The van der Waals surface area contributed by atoms with Crippen molar-refractivity contribution < 1.29 is 0 Å². The summed E-state index contributed by atoms with van der Waals surface area (Å²) in [5.41, 5.74) is 8.93. The maximum Gasteiger partial charge on any atom is 0.0836 e. The SMILES string of the molecule is CCCc1ccc(C(N)N2CCNCC2)cc1. The van der Waals surface area contributed by atoms with Gasteiger partial charge < -0.3 is 11.1 Å². The molecule has 0 radical (unpaired) electrons. The third kappa shape index (κ3) is 3.28. The topological polar surface area (TPSA) is 41.3 Å². The maximum atomic E-state index is 6.29. The highest BCUT2D eigenvalue weighted by molar-refractivity contribution is 5.24. The second kappa shape index (κ2) is 6.15. The molecule has 0 aromatic heterocycles. The maximum absolute atomic E-state index is 6.29. The van der Waals surface area contributed by atoms with Gasteiger partial charge in [-0.1, -0.05) is 37.6 Å². The molecule has 0 saturated carbocycles. The summed E-state index contributed by atoms with van der Waals surface area (Å²) in [6.07, 6.45) is 2.40. The summed E-state index contributed by atoms with van der Waals surface area (Å²) < 4.78 is 0. The highest BCUT2D eigenvalue weighted by atomic mass is 15.3. The molecule has 1 fully saturated rings. The van der Waals surface area contributed by atoms with Gasteiger partial charge in [-0.15, -0.1) is 0 Å². The summed E-state index contributed by atoms with van der Waals surface area (Å²) in [5.74, 6) is 0. The van der Waals surface area contributed by atoms with E-state index in [1.165, 1.54) is 17.5 Å². The minimum Gasteiger partial charge on any atom is -0.314 e. The number of nitrogens with two attached hydrogens (primary N) is 1. The van der Waals surface area contributed by atoms with E-state index in [-0.39, 0.29) is 6.17 Å². The zero-order valence-electron chi connectivity index (χ0n) is 10.7. The predicted molar refractivity (Wildman–Crippen MR) is 71.8 cm³/mol. The van der Waals surface area contributed by atoms with E-state index in [1.54, 1.807) is 0 Å². The Hall–Kier alpha value is -0.900. The Kier molecular flexibility index (Phi) is 4.54. The lowest BCUT2D eigenvalue weighted by Crippen LogP contribution is -2.47. The lowest BCUT2D eigenvalue weighted by Gasteiger charge is -2.32. The van der Waals surface area contributed by atoms with Gasteiger partial charge in [-0.05, 0) is 17.5 Å².